The highest BCUT2D eigenvalue weighted by Gasteiger charge is 2.12. The van der Waals surface area contributed by atoms with E-state index in [9.17, 15) is 9.59 Å². The minimum absolute atomic E-state index is 0.0164. The lowest BCUT2D eigenvalue weighted by Crippen LogP contribution is -2.32. The number of aryl methyl sites for hydroxylation is 1. The second-order valence-corrected chi connectivity index (χ2v) is 6.26. The first-order valence-corrected chi connectivity index (χ1v) is 8.00. The molecule has 0 saturated carbocycles. The minimum atomic E-state index is -0.946. The van der Waals surface area contributed by atoms with Gasteiger partial charge in [0.2, 0.25) is 5.91 Å². The summed E-state index contributed by atoms with van der Waals surface area (Å²) < 4.78 is 0. The third-order valence-corrected chi connectivity index (χ3v) is 3.70. The van der Waals surface area contributed by atoms with Crippen molar-refractivity contribution in [2.75, 3.05) is 0 Å². The van der Waals surface area contributed by atoms with Crippen LogP contribution in [0.1, 0.15) is 62.4 Å². The number of carboxylic acid groups (broad SMARTS) is 1. The van der Waals surface area contributed by atoms with Gasteiger partial charge in [0.05, 0.1) is 5.56 Å². The van der Waals surface area contributed by atoms with Gasteiger partial charge in [-0.2, -0.15) is 0 Å². The molecule has 0 aliphatic rings. The van der Waals surface area contributed by atoms with E-state index in [0.29, 0.717) is 24.3 Å². The smallest absolute Gasteiger partial charge is 0.335 e. The summed E-state index contributed by atoms with van der Waals surface area (Å²) in [6, 6.07) is 7.01. The Balaban J connectivity index is 2.39. The molecule has 0 fully saturated rings. The lowest BCUT2D eigenvalue weighted by molar-refractivity contribution is -0.121. The summed E-state index contributed by atoms with van der Waals surface area (Å²) in [5, 5.41) is 12.1. The number of nitrogens with one attached hydrogen (secondary N) is 1. The van der Waals surface area contributed by atoms with Gasteiger partial charge in [-0.15, -0.1) is 0 Å². The van der Waals surface area contributed by atoms with Crippen LogP contribution < -0.4 is 5.32 Å². The molecule has 22 heavy (non-hydrogen) atoms. The summed E-state index contributed by atoms with van der Waals surface area (Å²) in [4.78, 5) is 23.1. The summed E-state index contributed by atoms with van der Waals surface area (Å²) in [6.07, 6.45) is 4.04. The maximum Gasteiger partial charge on any atom is 0.335 e. The van der Waals surface area contributed by atoms with Crippen LogP contribution in [0.25, 0.3) is 0 Å². The normalized spacial score (nSPS) is 12.2. The van der Waals surface area contributed by atoms with Gasteiger partial charge in [-0.3, -0.25) is 4.79 Å². The molecule has 122 valence electrons. The van der Waals surface area contributed by atoms with Gasteiger partial charge < -0.3 is 10.4 Å². The fourth-order valence-electron chi connectivity index (χ4n) is 2.45. The van der Waals surface area contributed by atoms with Gasteiger partial charge in [-0.25, -0.2) is 4.79 Å². The predicted molar refractivity (Wildman–Crippen MR) is 88.0 cm³/mol. The molecule has 1 rings (SSSR count). The average molecular weight is 305 g/mol. The van der Waals surface area contributed by atoms with Crippen molar-refractivity contribution < 1.29 is 14.7 Å². The molecule has 1 aromatic rings. The van der Waals surface area contributed by atoms with E-state index in [-0.39, 0.29) is 17.5 Å². The Hall–Kier alpha value is -1.84. The molecule has 0 saturated heterocycles. The number of carboxylic acids is 1. The van der Waals surface area contributed by atoms with Crippen LogP contribution in [0, 0.1) is 5.92 Å². The molecule has 0 bridgehead atoms. The third kappa shape index (κ3) is 6.74. The molecule has 4 nitrogen and oxygen atoms in total. The van der Waals surface area contributed by atoms with Gasteiger partial charge in [0, 0.05) is 12.5 Å². The van der Waals surface area contributed by atoms with Crippen LogP contribution in [0.15, 0.2) is 24.3 Å². The lowest BCUT2D eigenvalue weighted by Gasteiger charge is -2.14. The third-order valence-electron chi connectivity index (χ3n) is 3.70. The number of hydrogen-bond acceptors (Lipinski definition) is 2. The molecule has 1 aromatic carbocycles. The quantitative estimate of drug-likeness (QED) is 0.732. The average Bonchev–Trinajstić information content (AvgIpc) is 2.44. The van der Waals surface area contributed by atoms with Crippen molar-refractivity contribution in [3.8, 4) is 0 Å². The number of carbonyl (C=O) groups excluding carboxylic acids is 1. The van der Waals surface area contributed by atoms with Gasteiger partial charge in [-0.1, -0.05) is 44.9 Å². The Morgan fingerprint density at radius 3 is 2.45 bits per heavy atom. The summed E-state index contributed by atoms with van der Waals surface area (Å²) in [5.74, 6) is -0.272. The van der Waals surface area contributed by atoms with E-state index in [2.05, 4.69) is 19.2 Å². The number of aromatic carboxylic acids is 1. The van der Waals surface area contributed by atoms with E-state index >= 15 is 0 Å². The number of hydrogen-bond donors (Lipinski definition) is 2. The Morgan fingerprint density at radius 2 is 1.82 bits per heavy atom. The summed E-state index contributed by atoms with van der Waals surface area (Å²) in [7, 11) is 0. The van der Waals surface area contributed by atoms with Crippen LogP contribution in [0.3, 0.4) is 0 Å². The van der Waals surface area contributed by atoms with Crippen molar-refractivity contribution in [1.29, 1.82) is 0 Å². The van der Waals surface area contributed by atoms with Crippen LogP contribution in [0.4, 0.5) is 0 Å². The molecular weight excluding hydrogens is 278 g/mol. The predicted octanol–water partition coefficient (Wildman–Crippen LogP) is 3.65. The minimum Gasteiger partial charge on any atom is -0.478 e. The van der Waals surface area contributed by atoms with E-state index in [4.69, 9.17) is 5.11 Å². The van der Waals surface area contributed by atoms with E-state index in [1.807, 2.05) is 6.92 Å². The SMILES string of the molecule is CC(C)CCCC(C)NC(=O)CCc1ccccc1C(=O)O. The summed E-state index contributed by atoms with van der Waals surface area (Å²) >= 11 is 0. The summed E-state index contributed by atoms with van der Waals surface area (Å²) in [5.41, 5.74) is 0.984. The fourth-order valence-corrected chi connectivity index (χ4v) is 2.45. The molecule has 0 aliphatic carbocycles. The first-order chi connectivity index (χ1) is 10.4. The molecule has 0 spiro atoms. The monoisotopic (exact) mass is 305 g/mol. The highest BCUT2D eigenvalue weighted by molar-refractivity contribution is 5.89. The van der Waals surface area contributed by atoms with Crippen molar-refractivity contribution in [2.24, 2.45) is 5.92 Å². The zero-order valence-corrected chi connectivity index (χ0v) is 13.8. The number of rotatable bonds is 9. The molecule has 0 aromatic heterocycles. The zero-order valence-electron chi connectivity index (χ0n) is 13.8. The van der Waals surface area contributed by atoms with E-state index in [1.54, 1.807) is 24.3 Å². The number of amides is 1. The molecule has 0 heterocycles. The van der Waals surface area contributed by atoms with Crippen LogP contribution in [-0.4, -0.2) is 23.0 Å². The van der Waals surface area contributed by atoms with Gasteiger partial charge in [0.15, 0.2) is 0 Å². The highest BCUT2D eigenvalue weighted by Crippen LogP contribution is 2.12. The van der Waals surface area contributed by atoms with E-state index in [1.165, 1.54) is 6.42 Å². The molecule has 4 heteroatoms. The first-order valence-electron chi connectivity index (χ1n) is 8.00. The van der Waals surface area contributed by atoms with Crippen molar-refractivity contribution in [3.05, 3.63) is 35.4 Å². The molecule has 1 amide bonds. The maximum atomic E-state index is 11.9. The van der Waals surface area contributed by atoms with Crippen molar-refractivity contribution in [1.82, 2.24) is 5.32 Å². The Labute approximate surface area is 132 Å². The van der Waals surface area contributed by atoms with Gasteiger partial charge in [0.1, 0.15) is 0 Å². The van der Waals surface area contributed by atoms with Gasteiger partial charge in [0.25, 0.3) is 0 Å². The molecular formula is C18H27NO3. The topological polar surface area (TPSA) is 66.4 Å². The number of benzene rings is 1. The van der Waals surface area contributed by atoms with E-state index in [0.717, 1.165) is 12.8 Å². The molecule has 0 radical (unpaired) electrons. The van der Waals surface area contributed by atoms with Crippen LogP contribution in [0.2, 0.25) is 0 Å². The molecule has 1 unspecified atom stereocenters. The Kier molecular flexibility index (Phi) is 7.64. The maximum absolute atomic E-state index is 11.9. The second kappa shape index (κ2) is 9.23. The van der Waals surface area contributed by atoms with Crippen molar-refractivity contribution >= 4 is 11.9 Å². The molecule has 1 atom stereocenters. The van der Waals surface area contributed by atoms with Crippen LogP contribution in [-0.2, 0) is 11.2 Å². The van der Waals surface area contributed by atoms with E-state index < -0.39 is 5.97 Å². The second-order valence-electron chi connectivity index (χ2n) is 6.26. The summed E-state index contributed by atoms with van der Waals surface area (Å²) in [6.45, 7) is 6.41. The standard InChI is InChI=1S/C18H27NO3/c1-13(2)7-6-8-14(3)19-17(20)12-11-15-9-4-5-10-16(15)18(21)22/h4-5,9-10,13-14H,6-8,11-12H2,1-3H3,(H,19,20)(H,21,22). The van der Waals surface area contributed by atoms with Crippen LogP contribution in [0.5, 0.6) is 0 Å². The Bertz CT molecular complexity index is 497. The Morgan fingerprint density at radius 1 is 1.14 bits per heavy atom. The van der Waals surface area contributed by atoms with Gasteiger partial charge >= 0.3 is 5.97 Å². The zero-order chi connectivity index (χ0) is 16.5. The largest absolute Gasteiger partial charge is 0.478 e. The van der Waals surface area contributed by atoms with Crippen LogP contribution >= 0.6 is 0 Å². The molecule has 2 N–H and O–H groups in total. The van der Waals surface area contributed by atoms with Crippen molar-refractivity contribution in [2.45, 2.75) is 58.9 Å². The first kappa shape index (κ1) is 18.2. The fraction of sp³-hybridized carbons (Fsp3) is 0.556. The van der Waals surface area contributed by atoms with Crippen molar-refractivity contribution in [3.63, 3.8) is 0 Å². The molecule has 0 aliphatic heterocycles. The highest BCUT2D eigenvalue weighted by atomic mass is 16.4. The lowest BCUT2D eigenvalue weighted by atomic mass is 10.0. The van der Waals surface area contributed by atoms with Gasteiger partial charge in [-0.05, 0) is 37.3 Å². The number of carbonyl (C=O) groups is 2.